The summed E-state index contributed by atoms with van der Waals surface area (Å²) in [5, 5.41) is 0.942. The van der Waals surface area contributed by atoms with Crippen LogP contribution in [0.3, 0.4) is 0 Å². The average Bonchev–Trinajstić information content (AvgIpc) is 2.63. The zero-order valence-corrected chi connectivity index (χ0v) is 10.7. The second-order valence-corrected chi connectivity index (χ2v) is 4.54. The summed E-state index contributed by atoms with van der Waals surface area (Å²) < 4.78 is 0. The van der Waals surface area contributed by atoms with E-state index in [-0.39, 0.29) is 11.8 Å². The second kappa shape index (κ2) is 8.23. The molecule has 0 aromatic carbocycles. The molecule has 0 unspecified atom stereocenters. The Morgan fingerprint density at radius 1 is 0.941 bits per heavy atom. The van der Waals surface area contributed by atoms with Gasteiger partial charge in [0, 0.05) is 12.8 Å². The van der Waals surface area contributed by atoms with E-state index < -0.39 is 0 Å². The summed E-state index contributed by atoms with van der Waals surface area (Å²) in [7, 11) is 0. The van der Waals surface area contributed by atoms with Gasteiger partial charge in [0.05, 0.1) is 6.61 Å². The molecule has 0 atom stereocenters. The van der Waals surface area contributed by atoms with Gasteiger partial charge < -0.3 is 0 Å². The minimum absolute atomic E-state index is 0.196. The molecule has 4 heteroatoms. The van der Waals surface area contributed by atoms with Crippen molar-refractivity contribution in [3.05, 3.63) is 0 Å². The van der Waals surface area contributed by atoms with Crippen LogP contribution in [0.5, 0.6) is 0 Å². The average molecular weight is 241 g/mol. The Morgan fingerprint density at radius 3 is 2.06 bits per heavy atom. The first-order chi connectivity index (χ1) is 8.25. The van der Waals surface area contributed by atoms with Gasteiger partial charge in [0.1, 0.15) is 0 Å². The molecule has 17 heavy (non-hydrogen) atoms. The lowest BCUT2D eigenvalue weighted by molar-refractivity contribution is -0.187. The first-order valence-electron chi connectivity index (χ1n) is 6.74. The summed E-state index contributed by atoms with van der Waals surface area (Å²) in [6.45, 7) is 2.68. The summed E-state index contributed by atoms with van der Waals surface area (Å²) >= 11 is 0. The molecule has 1 saturated heterocycles. The van der Waals surface area contributed by atoms with Gasteiger partial charge in [-0.05, 0) is 6.42 Å². The highest BCUT2D eigenvalue weighted by molar-refractivity contribution is 6.00. The second-order valence-electron chi connectivity index (χ2n) is 4.54. The molecule has 1 fully saturated rings. The summed E-state index contributed by atoms with van der Waals surface area (Å²) in [4.78, 5) is 27.6. The van der Waals surface area contributed by atoms with E-state index in [2.05, 4.69) is 6.92 Å². The van der Waals surface area contributed by atoms with E-state index in [1.54, 1.807) is 0 Å². The van der Waals surface area contributed by atoms with E-state index in [0.717, 1.165) is 17.9 Å². The Labute approximate surface area is 103 Å². The highest BCUT2D eigenvalue weighted by Gasteiger charge is 2.29. The van der Waals surface area contributed by atoms with Crippen LogP contribution in [0.15, 0.2) is 0 Å². The molecule has 0 aliphatic carbocycles. The fraction of sp³-hybridized carbons (Fsp3) is 0.846. The molecule has 0 aromatic heterocycles. The molecular weight excluding hydrogens is 218 g/mol. The van der Waals surface area contributed by atoms with Gasteiger partial charge in [0.2, 0.25) is 0 Å². The van der Waals surface area contributed by atoms with Gasteiger partial charge in [-0.15, -0.1) is 0 Å². The van der Waals surface area contributed by atoms with E-state index in [1.807, 2.05) is 0 Å². The van der Waals surface area contributed by atoms with Crippen molar-refractivity contribution in [2.24, 2.45) is 0 Å². The molecule has 4 nitrogen and oxygen atoms in total. The van der Waals surface area contributed by atoms with Gasteiger partial charge in [-0.25, -0.2) is 0 Å². The van der Waals surface area contributed by atoms with Gasteiger partial charge in [-0.3, -0.25) is 14.4 Å². The van der Waals surface area contributed by atoms with Crippen LogP contribution in [0.4, 0.5) is 0 Å². The zero-order valence-electron chi connectivity index (χ0n) is 10.7. The highest BCUT2D eigenvalue weighted by Crippen LogP contribution is 2.13. The van der Waals surface area contributed by atoms with E-state index in [4.69, 9.17) is 4.84 Å². The smallest absolute Gasteiger partial charge is 0.253 e. The molecule has 2 amide bonds. The Kier molecular flexibility index (Phi) is 6.86. The first-order valence-corrected chi connectivity index (χ1v) is 6.74. The zero-order chi connectivity index (χ0) is 12.5. The van der Waals surface area contributed by atoms with Gasteiger partial charge >= 0.3 is 0 Å². The SMILES string of the molecule is CCCCCCCCCON1C(=O)CCC1=O. The van der Waals surface area contributed by atoms with Crippen LogP contribution < -0.4 is 0 Å². The topological polar surface area (TPSA) is 46.6 Å². The number of carbonyl (C=O) groups is 2. The molecule has 0 aromatic rings. The number of carbonyl (C=O) groups excluding carboxylic acids is 2. The van der Waals surface area contributed by atoms with E-state index in [9.17, 15) is 9.59 Å². The molecule has 0 radical (unpaired) electrons. The monoisotopic (exact) mass is 241 g/mol. The van der Waals surface area contributed by atoms with Crippen LogP contribution in [0.25, 0.3) is 0 Å². The van der Waals surface area contributed by atoms with Gasteiger partial charge in [0.15, 0.2) is 0 Å². The Bertz CT molecular complexity index is 237. The van der Waals surface area contributed by atoms with Crippen LogP contribution in [-0.2, 0) is 14.4 Å². The van der Waals surface area contributed by atoms with Gasteiger partial charge in [0.25, 0.3) is 11.8 Å². The molecule has 0 saturated carbocycles. The number of nitrogens with zero attached hydrogens (tertiary/aromatic N) is 1. The van der Waals surface area contributed by atoms with Gasteiger partial charge in [-0.1, -0.05) is 45.4 Å². The maximum absolute atomic E-state index is 11.2. The summed E-state index contributed by atoms with van der Waals surface area (Å²) in [6.07, 6.45) is 9.01. The molecule has 1 aliphatic rings. The molecule has 0 bridgehead atoms. The third-order valence-electron chi connectivity index (χ3n) is 2.97. The molecule has 0 N–H and O–H groups in total. The largest absolute Gasteiger partial charge is 0.272 e. The number of rotatable bonds is 9. The lowest BCUT2D eigenvalue weighted by Gasteiger charge is -2.12. The molecule has 0 spiro atoms. The first kappa shape index (κ1) is 14.2. The summed E-state index contributed by atoms with van der Waals surface area (Å²) in [5.74, 6) is -0.393. The highest BCUT2D eigenvalue weighted by atomic mass is 16.7. The molecule has 1 aliphatic heterocycles. The predicted octanol–water partition coefficient (Wildman–Crippen LogP) is 2.82. The van der Waals surface area contributed by atoms with Crippen molar-refractivity contribution in [1.29, 1.82) is 0 Å². The Morgan fingerprint density at radius 2 is 1.47 bits per heavy atom. The number of unbranched alkanes of at least 4 members (excludes halogenated alkanes) is 6. The van der Waals surface area contributed by atoms with Crippen LogP contribution in [0.1, 0.15) is 64.7 Å². The van der Waals surface area contributed by atoms with Gasteiger partial charge in [-0.2, -0.15) is 5.06 Å². The van der Waals surface area contributed by atoms with Crippen molar-refractivity contribution in [3.8, 4) is 0 Å². The Hall–Kier alpha value is -0.900. The van der Waals surface area contributed by atoms with Crippen LogP contribution in [0, 0.1) is 0 Å². The number of hydroxylamine groups is 2. The molecular formula is C13H23NO3. The standard InChI is InChI=1S/C13H23NO3/c1-2-3-4-5-6-7-8-11-17-14-12(15)9-10-13(14)16/h2-11H2,1H3. The third kappa shape index (κ3) is 5.31. The Balaban J connectivity index is 1.93. The third-order valence-corrected chi connectivity index (χ3v) is 2.97. The molecule has 1 heterocycles. The van der Waals surface area contributed by atoms with E-state index in [1.165, 1.54) is 32.1 Å². The van der Waals surface area contributed by atoms with Crippen molar-refractivity contribution < 1.29 is 14.4 Å². The van der Waals surface area contributed by atoms with Crippen molar-refractivity contribution in [2.45, 2.75) is 64.7 Å². The molecule has 1 rings (SSSR count). The van der Waals surface area contributed by atoms with Crippen molar-refractivity contribution >= 4 is 11.8 Å². The quantitative estimate of drug-likeness (QED) is 0.460. The maximum atomic E-state index is 11.2. The van der Waals surface area contributed by atoms with Crippen molar-refractivity contribution in [1.82, 2.24) is 5.06 Å². The minimum Gasteiger partial charge on any atom is -0.272 e. The minimum atomic E-state index is -0.196. The normalized spacial score (nSPS) is 15.9. The van der Waals surface area contributed by atoms with Crippen molar-refractivity contribution in [2.75, 3.05) is 6.61 Å². The molecule has 98 valence electrons. The maximum Gasteiger partial charge on any atom is 0.253 e. The summed E-state index contributed by atoms with van der Waals surface area (Å²) in [6, 6.07) is 0. The number of amides is 2. The lowest BCUT2D eigenvalue weighted by Crippen LogP contribution is -2.29. The van der Waals surface area contributed by atoms with Crippen LogP contribution >= 0.6 is 0 Å². The predicted molar refractivity (Wildman–Crippen MR) is 65.0 cm³/mol. The van der Waals surface area contributed by atoms with Crippen LogP contribution in [0.2, 0.25) is 0 Å². The fourth-order valence-corrected chi connectivity index (χ4v) is 1.92. The van der Waals surface area contributed by atoms with Crippen molar-refractivity contribution in [3.63, 3.8) is 0 Å². The lowest BCUT2D eigenvalue weighted by atomic mass is 10.1. The van der Waals surface area contributed by atoms with Crippen LogP contribution in [-0.4, -0.2) is 23.5 Å². The van der Waals surface area contributed by atoms with E-state index >= 15 is 0 Å². The van der Waals surface area contributed by atoms with E-state index in [0.29, 0.717) is 19.4 Å². The number of imide groups is 1. The fourth-order valence-electron chi connectivity index (χ4n) is 1.92. The number of hydrogen-bond donors (Lipinski definition) is 0. The summed E-state index contributed by atoms with van der Waals surface area (Å²) in [5.41, 5.74) is 0. The number of hydrogen-bond acceptors (Lipinski definition) is 3.